The highest BCUT2D eigenvalue weighted by molar-refractivity contribution is 5.95. The molecular weight excluding hydrogens is 318 g/mol. The van der Waals surface area contributed by atoms with E-state index in [0.717, 1.165) is 37.1 Å². The van der Waals surface area contributed by atoms with Crippen molar-refractivity contribution in [3.8, 4) is 5.69 Å². The average molecular weight is 341 g/mol. The lowest BCUT2D eigenvalue weighted by atomic mass is 10.1. The molecule has 6 heteroatoms. The maximum atomic E-state index is 12.7. The molecule has 6 nitrogen and oxygen atoms in total. The van der Waals surface area contributed by atoms with Gasteiger partial charge in [-0.3, -0.25) is 4.79 Å². The second kappa shape index (κ2) is 7.51. The van der Waals surface area contributed by atoms with Crippen molar-refractivity contribution >= 4 is 11.9 Å². The van der Waals surface area contributed by atoms with Gasteiger partial charge in [0.1, 0.15) is 11.7 Å². The Morgan fingerprint density at radius 1 is 1.32 bits per heavy atom. The minimum atomic E-state index is -1.00. The molecule has 0 saturated heterocycles. The number of amides is 1. The molecule has 0 unspecified atom stereocenters. The number of carbonyl (C=O) groups excluding carboxylic acids is 1. The number of hydrogen-bond donors (Lipinski definition) is 2. The lowest BCUT2D eigenvalue weighted by Gasteiger charge is -2.14. The van der Waals surface area contributed by atoms with Gasteiger partial charge in [-0.15, -0.1) is 0 Å². The van der Waals surface area contributed by atoms with E-state index in [4.69, 9.17) is 0 Å². The molecule has 1 aromatic carbocycles. The molecule has 132 valence electrons. The first kappa shape index (κ1) is 17.2. The summed E-state index contributed by atoms with van der Waals surface area (Å²) in [5.41, 5.74) is 2.07. The number of unbranched alkanes of at least 4 members (excludes halogenated alkanes) is 1. The number of aromatic nitrogens is 2. The van der Waals surface area contributed by atoms with Crippen molar-refractivity contribution in [2.75, 3.05) is 0 Å². The minimum absolute atomic E-state index is 0.385. The summed E-state index contributed by atoms with van der Waals surface area (Å²) in [5.74, 6) is -0.992. The molecule has 2 aromatic rings. The zero-order valence-electron chi connectivity index (χ0n) is 14.3. The van der Waals surface area contributed by atoms with Gasteiger partial charge < -0.3 is 10.4 Å². The predicted molar refractivity (Wildman–Crippen MR) is 94.0 cm³/mol. The average Bonchev–Trinajstić information content (AvgIpc) is 3.37. The SMILES string of the molecule is CCCC[C@H](NC(=O)c1cc(C2CC2)nn1-c1ccccc1)C(=O)O. The molecule has 1 aliphatic rings. The summed E-state index contributed by atoms with van der Waals surface area (Å²) in [4.78, 5) is 24.2. The number of nitrogens with one attached hydrogen (secondary N) is 1. The van der Waals surface area contributed by atoms with Crippen LogP contribution in [0.25, 0.3) is 5.69 Å². The van der Waals surface area contributed by atoms with Gasteiger partial charge in [0, 0.05) is 5.92 Å². The molecule has 1 aliphatic carbocycles. The van der Waals surface area contributed by atoms with Crippen LogP contribution in [0.5, 0.6) is 0 Å². The molecule has 1 aromatic heterocycles. The monoisotopic (exact) mass is 341 g/mol. The third-order valence-electron chi connectivity index (χ3n) is 4.41. The summed E-state index contributed by atoms with van der Waals surface area (Å²) in [5, 5.41) is 16.6. The molecule has 2 N–H and O–H groups in total. The Balaban J connectivity index is 1.87. The Morgan fingerprint density at radius 3 is 2.64 bits per heavy atom. The molecule has 1 atom stereocenters. The van der Waals surface area contributed by atoms with Gasteiger partial charge in [-0.1, -0.05) is 38.0 Å². The first-order chi connectivity index (χ1) is 12.1. The summed E-state index contributed by atoms with van der Waals surface area (Å²) in [6.07, 6.45) is 4.23. The van der Waals surface area contributed by atoms with E-state index in [2.05, 4.69) is 10.4 Å². The van der Waals surface area contributed by atoms with Gasteiger partial charge in [-0.05, 0) is 37.5 Å². The summed E-state index contributed by atoms with van der Waals surface area (Å²) < 4.78 is 1.61. The van der Waals surface area contributed by atoms with Gasteiger partial charge in [0.15, 0.2) is 0 Å². The fourth-order valence-electron chi connectivity index (χ4n) is 2.80. The first-order valence-electron chi connectivity index (χ1n) is 8.79. The lowest BCUT2D eigenvalue weighted by Crippen LogP contribution is -2.41. The Morgan fingerprint density at radius 2 is 2.04 bits per heavy atom. The number of benzene rings is 1. The van der Waals surface area contributed by atoms with Crippen LogP contribution in [0.4, 0.5) is 0 Å². The lowest BCUT2D eigenvalue weighted by molar-refractivity contribution is -0.139. The van der Waals surface area contributed by atoms with E-state index in [1.807, 2.05) is 37.3 Å². The third kappa shape index (κ3) is 4.07. The van der Waals surface area contributed by atoms with Crippen molar-refractivity contribution in [2.45, 2.75) is 51.0 Å². The van der Waals surface area contributed by atoms with E-state index in [1.165, 1.54) is 0 Å². The van der Waals surface area contributed by atoms with Crippen LogP contribution in [0, 0.1) is 0 Å². The smallest absolute Gasteiger partial charge is 0.326 e. The van der Waals surface area contributed by atoms with Gasteiger partial charge >= 0.3 is 5.97 Å². The number of hydrogen-bond acceptors (Lipinski definition) is 3. The maximum absolute atomic E-state index is 12.7. The van der Waals surface area contributed by atoms with Crippen LogP contribution in [0.1, 0.15) is 61.1 Å². The van der Waals surface area contributed by atoms with Gasteiger partial charge in [0.25, 0.3) is 5.91 Å². The standard InChI is InChI=1S/C19H23N3O3/c1-2-3-9-15(19(24)25)20-18(23)17-12-16(13-10-11-13)21-22(17)14-7-5-4-6-8-14/h4-8,12-13,15H,2-3,9-11H2,1H3,(H,20,23)(H,24,25)/t15-/m0/s1. The quantitative estimate of drug-likeness (QED) is 0.772. The van der Waals surface area contributed by atoms with E-state index in [1.54, 1.807) is 10.7 Å². The summed E-state index contributed by atoms with van der Waals surface area (Å²) in [6, 6.07) is 10.3. The van der Waals surface area contributed by atoms with Crippen LogP contribution >= 0.6 is 0 Å². The molecule has 1 heterocycles. The summed E-state index contributed by atoms with van der Waals surface area (Å²) in [7, 11) is 0. The fourth-order valence-corrected chi connectivity index (χ4v) is 2.80. The first-order valence-corrected chi connectivity index (χ1v) is 8.79. The van der Waals surface area contributed by atoms with E-state index >= 15 is 0 Å². The van der Waals surface area contributed by atoms with Crippen molar-refractivity contribution in [1.29, 1.82) is 0 Å². The normalized spacial score (nSPS) is 14.9. The van der Waals surface area contributed by atoms with Crippen LogP contribution in [-0.2, 0) is 4.79 Å². The Bertz CT molecular complexity index is 751. The van der Waals surface area contributed by atoms with E-state index in [9.17, 15) is 14.7 Å². The van der Waals surface area contributed by atoms with E-state index in [-0.39, 0.29) is 0 Å². The van der Waals surface area contributed by atoms with Gasteiger partial charge in [-0.25, -0.2) is 9.48 Å². The zero-order chi connectivity index (χ0) is 17.8. The van der Waals surface area contributed by atoms with Crippen LogP contribution in [-0.4, -0.2) is 32.8 Å². The maximum Gasteiger partial charge on any atom is 0.326 e. The number of aliphatic carboxylic acids is 1. The molecule has 1 amide bonds. The fraction of sp³-hybridized carbons (Fsp3) is 0.421. The highest BCUT2D eigenvalue weighted by Crippen LogP contribution is 2.39. The van der Waals surface area contributed by atoms with Crippen molar-refractivity contribution in [3.63, 3.8) is 0 Å². The molecule has 1 saturated carbocycles. The Hall–Kier alpha value is -2.63. The highest BCUT2D eigenvalue weighted by atomic mass is 16.4. The number of rotatable bonds is 8. The number of carboxylic acid groups (broad SMARTS) is 1. The second-order valence-corrected chi connectivity index (χ2v) is 6.48. The number of nitrogens with zero attached hydrogens (tertiary/aromatic N) is 2. The largest absolute Gasteiger partial charge is 0.480 e. The van der Waals surface area contributed by atoms with Crippen LogP contribution in [0.15, 0.2) is 36.4 Å². The van der Waals surface area contributed by atoms with Gasteiger partial charge in [0.2, 0.25) is 0 Å². The topological polar surface area (TPSA) is 84.2 Å². The predicted octanol–water partition coefficient (Wildman–Crippen LogP) is 3.12. The zero-order valence-corrected chi connectivity index (χ0v) is 14.3. The minimum Gasteiger partial charge on any atom is -0.480 e. The van der Waals surface area contributed by atoms with Crippen molar-refractivity contribution < 1.29 is 14.7 Å². The van der Waals surface area contributed by atoms with Crippen molar-refractivity contribution in [2.24, 2.45) is 0 Å². The van der Waals surface area contributed by atoms with Crippen LogP contribution < -0.4 is 5.32 Å². The number of para-hydroxylation sites is 1. The van der Waals surface area contributed by atoms with E-state index < -0.39 is 17.9 Å². The molecule has 25 heavy (non-hydrogen) atoms. The molecule has 0 radical (unpaired) electrons. The molecule has 3 rings (SSSR count). The number of carboxylic acids is 1. The van der Waals surface area contributed by atoms with E-state index in [0.29, 0.717) is 18.0 Å². The molecular formula is C19H23N3O3. The van der Waals surface area contributed by atoms with Crippen LogP contribution in [0.2, 0.25) is 0 Å². The Kier molecular flexibility index (Phi) is 5.16. The second-order valence-electron chi connectivity index (χ2n) is 6.48. The van der Waals surface area contributed by atoms with Crippen molar-refractivity contribution in [3.05, 3.63) is 47.8 Å². The highest BCUT2D eigenvalue weighted by Gasteiger charge is 2.30. The Labute approximate surface area is 146 Å². The molecule has 0 bridgehead atoms. The third-order valence-corrected chi connectivity index (χ3v) is 4.41. The van der Waals surface area contributed by atoms with Gasteiger partial charge in [0.05, 0.1) is 11.4 Å². The molecule has 1 fully saturated rings. The summed E-state index contributed by atoms with van der Waals surface area (Å²) in [6.45, 7) is 1.99. The summed E-state index contributed by atoms with van der Waals surface area (Å²) >= 11 is 0. The molecule has 0 aliphatic heterocycles. The molecule has 0 spiro atoms. The van der Waals surface area contributed by atoms with Gasteiger partial charge in [-0.2, -0.15) is 5.10 Å². The van der Waals surface area contributed by atoms with Crippen molar-refractivity contribution in [1.82, 2.24) is 15.1 Å². The number of carbonyl (C=O) groups is 2. The van der Waals surface area contributed by atoms with Crippen LogP contribution in [0.3, 0.4) is 0 Å².